The van der Waals surface area contributed by atoms with Crippen molar-refractivity contribution < 1.29 is 9.84 Å². The van der Waals surface area contributed by atoms with Gasteiger partial charge in [0, 0.05) is 0 Å². The number of rotatable bonds is 5. The summed E-state index contributed by atoms with van der Waals surface area (Å²) in [4.78, 5) is 0. The SMILES string of the molecule is CCNC(C)OC(O)CC. The van der Waals surface area contributed by atoms with Crippen molar-refractivity contribution in [3.63, 3.8) is 0 Å². The maximum absolute atomic E-state index is 8.99. The predicted octanol–water partition coefficient (Wildman–Crippen LogP) is 0.687. The Balaban J connectivity index is 3.27. The standard InChI is InChI=1S/C7H17NO2/c1-4-7(9)10-6(3)8-5-2/h6-9H,4-5H2,1-3H3. The summed E-state index contributed by atoms with van der Waals surface area (Å²) in [6.07, 6.45) is -0.0515. The normalized spacial score (nSPS) is 16.8. The molecule has 0 aromatic rings. The zero-order chi connectivity index (χ0) is 7.98. The Hall–Kier alpha value is -0.120. The van der Waals surface area contributed by atoms with Gasteiger partial charge in [0.15, 0.2) is 6.29 Å². The van der Waals surface area contributed by atoms with Gasteiger partial charge in [-0.2, -0.15) is 0 Å². The van der Waals surface area contributed by atoms with Crippen LogP contribution in [-0.2, 0) is 4.74 Å². The third kappa shape index (κ3) is 4.73. The minimum absolute atomic E-state index is 0.0556. The van der Waals surface area contributed by atoms with Gasteiger partial charge in [-0.25, -0.2) is 0 Å². The Morgan fingerprint density at radius 1 is 1.50 bits per heavy atom. The zero-order valence-electron chi connectivity index (χ0n) is 6.92. The van der Waals surface area contributed by atoms with Gasteiger partial charge >= 0.3 is 0 Å². The summed E-state index contributed by atoms with van der Waals surface area (Å²) in [6, 6.07) is 0. The summed E-state index contributed by atoms with van der Waals surface area (Å²) in [5.41, 5.74) is 0. The Morgan fingerprint density at radius 3 is 2.50 bits per heavy atom. The van der Waals surface area contributed by atoms with Crippen LogP contribution in [0.3, 0.4) is 0 Å². The fraction of sp³-hybridized carbons (Fsp3) is 1.00. The highest BCUT2D eigenvalue weighted by Crippen LogP contribution is 1.95. The van der Waals surface area contributed by atoms with Crippen LogP contribution in [0.15, 0.2) is 0 Å². The summed E-state index contributed by atoms with van der Waals surface area (Å²) in [6.45, 7) is 6.61. The lowest BCUT2D eigenvalue weighted by Gasteiger charge is -2.16. The maximum Gasteiger partial charge on any atom is 0.156 e. The highest BCUT2D eigenvalue weighted by atomic mass is 16.6. The minimum Gasteiger partial charge on any atom is -0.368 e. The van der Waals surface area contributed by atoms with Gasteiger partial charge in [-0.1, -0.05) is 13.8 Å². The molecule has 0 aliphatic heterocycles. The van der Waals surface area contributed by atoms with Gasteiger partial charge in [0.05, 0.1) is 0 Å². The molecule has 3 heteroatoms. The van der Waals surface area contributed by atoms with E-state index in [1.54, 1.807) is 0 Å². The highest BCUT2D eigenvalue weighted by molar-refractivity contribution is 4.45. The largest absolute Gasteiger partial charge is 0.368 e. The summed E-state index contributed by atoms with van der Waals surface area (Å²) < 4.78 is 5.08. The lowest BCUT2D eigenvalue weighted by atomic mass is 10.5. The second kappa shape index (κ2) is 5.65. The molecule has 0 amide bonds. The van der Waals surface area contributed by atoms with Crippen LogP contribution in [0.1, 0.15) is 27.2 Å². The Bertz CT molecular complexity index is 78.0. The molecule has 0 spiro atoms. The number of aliphatic hydroxyl groups is 1. The van der Waals surface area contributed by atoms with Gasteiger partial charge in [0.25, 0.3) is 0 Å². The number of hydrogen-bond acceptors (Lipinski definition) is 3. The molecule has 62 valence electrons. The average Bonchev–Trinajstić information content (AvgIpc) is 1.88. The van der Waals surface area contributed by atoms with Crippen LogP contribution in [0.25, 0.3) is 0 Å². The van der Waals surface area contributed by atoms with Crippen LogP contribution in [0, 0.1) is 0 Å². The molecular formula is C7H17NO2. The van der Waals surface area contributed by atoms with Gasteiger partial charge in [0.1, 0.15) is 6.23 Å². The quantitative estimate of drug-likeness (QED) is 0.562. The lowest BCUT2D eigenvalue weighted by Crippen LogP contribution is -2.32. The Labute approximate surface area is 62.4 Å². The number of aliphatic hydroxyl groups excluding tert-OH is 1. The number of nitrogens with one attached hydrogen (secondary N) is 1. The molecule has 0 bridgehead atoms. The van der Waals surface area contributed by atoms with Crippen LogP contribution in [-0.4, -0.2) is 24.2 Å². The first-order valence-corrected chi connectivity index (χ1v) is 3.77. The van der Waals surface area contributed by atoms with Crippen molar-refractivity contribution in [3.05, 3.63) is 0 Å². The summed E-state index contributed by atoms with van der Waals surface area (Å²) >= 11 is 0. The Kier molecular flexibility index (Phi) is 5.58. The van der Waals surface area contributed by atoms with Crippen LogP contribution < -0.4 is 5.32 Å². The van der Waals surface area contributed by atoms with Gasteiger partial charge in [0.2, 0.25) is 0 Å². The topological polar surface area (TPSA) is 41.5 Å². The molecule has 0 heterocycles. The summed E-state index contributed by atoms with van der Waals surface area (Å²) in [7, 11) is 0. The van der Waals surface area contributed by atoms with E-state index in [1.165, 1.54) is 0 Å². The first-order chi connectivity index (χ1) is 4.70. The van der Waals surface area contributed by atoms with Gasteiger partial charge < -0.3 is 9.84 Å². The van der Waals surface area contributed by atoms with Crippen LogP contribution in [0.4, 0.5) is 0 Å². The maximum atomic E-state index is 8.99. The zero-order valence-corrected chi connectivity index (χ0v) is 6.92. The van der Waals surface area contributed by atoms with E-state index in [-0.39, 0.29) is 6.23 Å². The van der Waals surface area contributed by atoms with Crippen molar-refractivity contribution in [2.45, 2.75) is 39.7 Å². The van der Waals surface area contributed by atoms with Crippen molar-refractivity contribution in [3.8, 4) is 0 Å². The van der Waals surface area contributed by atoms with E-state index >= 15 is 0 Å². The van der Waals surface area contributed by atoms with E-state index in [2.05, 4.69) is 5.32 Å². The highest BCUT2D eigenvalue weighted by Gasteiger charge is 2.04. The van der Waals surface area contributed by atoms with Crippen molar-refractivity contribution in [2.75, 3.05) is 6.54 Å². The molecule has 2 unspecified atom stereocenters. The second-order valence-electron chi connectivity index (χ2n) is 2.20. The average molecular weight is 147 g/mol. The van der Waals surface area contributed by atoms with Crippen LogP contribution in [0.5, 0.6) is 0 Å². The van der Waals surface area contributed by atoms with Gasteiger partial charge in [-0.3, -0.25) is 5.32 Å². The molecule has 0 aromatic carbocycles. The molecule has 0 aliphatic carbocycles. The molecule has 0 rings (SSSR count). The van der Waals surface area contributed by atoms with E-state index < -0.39 is 6.29 Å². The monoisotopic (exact) mass is 147 g/mol. The van der Waals surface area contributed by atoms with Crippen molar-refractivity contribution in [1.29, 1.82) is 0 Å². The van der Waals surface area contributed by atoms with Crippen molar-refractivity contribution in [2.24, 2.45) is 0 Å². The number of ether oxygens (including phenoxy) is 1. The first-order valence-electron chi connectivity index (χ1n) is 3.77. The first kappa shape index (κ1) is 9.88. The minimum atomic E-state index is -0.631. The molecule has 0 saturated heterocycles. The number of hydrogen-bond donors (Lipinski definition) is 2. The molecule has 3 nitrogen and oxygen atoms in total. The van der Waals surface area contributed by atoms with E-state index in [4.69, 9.17) is 9.84 Å². The van der Waals surface area contributed by atoms with Gasteiger partial charge in [-0.05, 0) is 19.9 Å². The summed E-state index contributed by atoms with van der Waals surface area (Å²) in [5.74, 6) is 0. The molecular weight excluding hydrogens is 130 g/mol. The molecule has 2 atom stereocenters. The smallest absolute Gasteiger partial charge is 0.156 e. The third-order valence-electron chi connectivity index (χ3n) is 1.20. The van der Waals surface area contributed by atoms with Crippen molar-refractivity contribution in [1.82, 2.24) is 5.32 Å². The van der Waals surface area contributed by atoms with E-state index in [0.29, 0.717) is 6.42 Å². The Morgan fingerprint density at radius 2 is 2.10 bits per heavy atom. The van der Waals surface area contributed by atoms with E-state index in [9.17, 15) is 0 Å². The lowest BCUT2D eigenvalue weighted by molar-refractivity contribution is -0.139. The van der Waals surface area contributed by atoms with Gasteiger partial charge in [-0.15, -0.1) is 0 Å². The predicted molar refractivity (Wildman–Crippen MR) is 40.5 cm³/mol. The van der Waals surface area contributed by atoms with Crippen LogP contribution in [0.2, 0.25) is 0 Å². The summed E-state index contributed by atoms with van der Waals surface area (Å²) in [5, 5.41) is 12.0. The molecule has 0 saturated carbocycles. The third-order valence-corrected chi connectivity index (χ3v) is 1.20. The molecule has 0 aliphatic rings. The van der Waals surface area contributed by atoms with Crippen LogP contribution >= 0.6 is 0 Å². The van der Waals surface area contributed by atoms with Crippen molar-refractivity contribution >= 4 is 0 Å². The van der Waals surface area contributed by atoms with E-state index in [0.717, 1.165) is 6.54 Å². The second-order valence-corrected chi connectivity index (χ2v) is 2.20. The molecule has 0 aromatic heterocycles. The fourth-order valence-electron chi connectivity index (χ4n) is 0.667. The molecule has 10 heavy (non-hydrogen) atoms. The molecule has 2 N–H and O–H groups in total. The molecule has 0 radical (unpaired) electrons. The van der Waals surface area contributed by atoms with E-state index in [1.807, 2.05) is 20.8 Å². The molecule has 0 fully saturated rings. The fourth-order valence-corrected chi connectivity index (χ4v) is 0.667.